The molecule has 0 radical (unpaired) electrons. The number of nitrogens with one attached hydrogen (secondary N) is 1. The van der Waals surface area contributed by atoms with Gasteiger partial charge in [0, 0.05) is 19.1 Å². The summed E-state index contributed by atoms with van der Waals surface area (Å²) in [5.74, 6) is 0.357. The minimum atomic E-state index is -3.63. The molecule has 0 unspecified atom stereocenters. The molecular weight excluding hydrogens is 378 g/mol. The quantitative estimate of drug-likeness (QED) is 0.799. The number of sulfonamides is 1. The SMILES string of the molecule is COc1ccc(S(=O)(=O)N2CCC[C@H](C(=O)NC3CCN(C)CC3)C2)cc1C. The second-order valence-electron chi connectivity index (χ2n) is 7.92. The standard InChI is InChI=1S/C20H31N3O4S/c1-15-13-18(6-7-19(15)27-3)28(25,26)23-10-4-5-16(14-23)20(24)21-17-8-11-22(2)12-9-17/h6-7,13,16-17H,4-5,8-12,14H2,1-3H3,(H,21,24)/t16-/m0/s1. The summed E-state index contributed by atoms with van der Waals surface area (Å²) in [5, 5.41) is 3.14. The van der Waals surface area contributed by atoms with E-state index in [4.69, 9.17) is 4.74 Å². The van der Waals surface area contributed by atoms with Crippen LogP contribution in [-0.4, -0.2) is 69.9 Å². The third-order valence-corrected chi connectivity index (χ3v) is 7.69. The number of amides is 1. The lowest BCUT2D eigenvalue weighted by Gasteiger charge is -2.34. The van der Waals surface area contributed by atoms with E-state index in [9.17, 15) is 13.2 Å². The van der Waals surface area contributed by atoms with Gasteiger partial charge < -0.3 is 15.0 Å². The Hall–Kier alpha value is -1.64. The lowest BCUT2D eigenvalue weighted by Crippen LogP contribution is -2.49. The topological polar surface area (TPSA) is 79.0 Å². The number of hydrogen-bond acceptors (Lipinski definition) is 5. The Bertz CT molecular complexity index is 804. The predicted molar refractivity (Wildman–Crippen MR) is 108 cm³/mol. The fourth-order valence-electron chi connectivity index (χ4n) is 4.01. The van der Waals surface area contributed by atoms with Gasteiger partial charge in [-0.1, -0.05) is 0 Å². The molecule has 0 aliphatic carbocycles. The molecule has 28 heavy (non-hydrogen) atoms. The van der Waals surface area contributed by atoms with Gasteiger partial charge in [-0.15, -0.1) is 0 Å². The van der Waals surface area contributed by atoms with Crippen LogP contribution < -0.4 is 10.1 Å². The number of carbonyl (C=O) groups is 1. The molecule has 0 saturated carbocycles. The zero-order chi connectivity index (χ0) is 20.3. The molecule has 3 rings (SSSR count). The summed E-state index contributed by atoms with van der Waals surface area (Å²) in [7, 11) is 0.0251. The maximum Gasteiger partial charge on any atom is 0.243 e. The molecule has 2 heterocycles. The zero-order valence-corrected chi connectivity index (χ0v) is 17.8. The molecule has 0 bridgehead atoms. The van der Waals surface area contributed by atoms with Gasteiger partial charge >= 0.3 is 0 Å². The Morgan fingerprint density at radius 2 is 1.89 bits per heavy atom. The summed E-state index contributed by atoms with van der Waals surface area (Å²) in [6.07, 6.45) is 3.32. The molecule has 156 valence electrons. The van der Waals surface area contributed by atoms with Gasteiger partial charge in [-0.25, -0.2) is 8.42 Å². The van der Waals surface area contributed by atoms with Crippen molar-refractivity contribution in [1.82, 2.24) is 14.5 Å². The largest absolute Gasteiger partial charge is 0.496 e. The fourth-order valence-corrected chi connectivity index (χ4v) is 5.62. The van der Waals surface area contributed by atoms with Crippen LogP contribution in [-0.2, 0) is 14.8 Å². The van der Waals surface area contributed by atoms with Crippen molar-refractivity contribution in [2.24, 2.45) is 5.92 Å². The van der Waals surface area contributed by atoms with Crippen LogP contribution in [0.3, 0.4) is 0 Å². The molecule has 0 spiro atoms. The number of benzene rings is 1. The lowest BCUT2D eigenvalue weighted by atomic mass is 9.97. The zero-order valence-electron chi connectivity index (χ0n) is 17.0. The Kier molecular flexibility index (Phi) is 6.62. The summed E-state index contributed by atoms with van der Waals surface area (Å²) in [4.78, 5) is 15.2. The van der Waals surface area contributed by atoms with Gasteiger partial charge in [0.25, 0.3) is 0 Å². The van der Waals surface area contributed by atoms with E-state index in [0.29, 0.717) is 18.7 Å². The smallest absolute Gasteiger partial charge is 0.243 e. The van der Waals surface area contributed by atoms with Crippen molar-refractivity contribution in [3.05, 3.63) is 23.8 Å². The minimum absolute atomic E-state index is 0.0136. The average Bonchev–Trinajstić information content (AvgIpc) is 2.69. The Morgan fingerprint density at radius 1 is 1.18 bits per heavy atom. The molecule has 1 aromatic carbocycles. The molecule has 2 fully saturated rings. The highest BCUT2D eigenvalue weighted by Gasteiger charge is 2.34. The number of likely N-dealkylation sites (tertiary alicyclic amines) is 1. The van der Waals surface area contributed by atoms with Crippen molar-refractivity contribution in [3.63, 3.8) is 0 Å². The van der Waals surface area contributed by atoms with Crippen LogP contribution >= 0.6 is 0 Å². The van der Waals surface area contributed by atoms with Gasteiger partial charge in [-0.2, -0.15) is 4.31 Å². The highest BCUT2D eigenvalue weighted by molar-refractivity contribution is 7.89. The van der Waals surface area contributed by atoms with E-state index in [-0.39, 0.29) is 29.3 Å². The van der Waals surface area contributed by atoms with Crippen molar-refractivity contribution >= 4 is 15.9 Å². The minimum Gasteiger partial charge on any atom is -0.496 e. The molecule has 0 aromatic heterocycles. The predicted octanol–water partition coefficient (Wildman–Crippen LogP) is 1.61. The maximum absolute atomic E-state index is 13.1. The molecule has 2 aliphatic heterocycles. The van der Waals surface area contributed by atoms with Gasteiger partial charge in [0.15, 0.2) is 0 Å². The molecular formula is C20H31N3O4S. The average molecular weight is 410 g/mol. The summed E-state index contributed by atoms with van der Waals surface area (Å²) < 4.78 is 32.8. The van der Waals surface area contributed by atoms with Crippen LogP contribution in [0.4, 0.5) is 0 Å². The third kappa shape index (κ3) is 4.67. The Morgan fingerprint density at radius 3 is 2.54 bits per heavy atom. The van der Waals surface area contributed by atoms with E-state index in [1.165, 1.54) is 4.31 Å². The van der Waals surface area contributed by atoms with E-state index in [1.54, 1.807) is 25.3 Å². The normalized spacial score (nSPS) is 22.8. The van der Waals surface area contributed by atoms with E-state index in [2.05, 4.69) is 17.3 Å². The van der Waals surface area contributed by atoms with Gasteiger partial charge in [0.1, 0.15) is 5.75 Å². The Labute approximate surface area is 168 Å². The highest BCUT2D eigenvalue weighted by Crippen LogP contribution is 2.27. The number of carbonyl (C=O) groups excluding carboxylic acids is 1. The molecule has 7 nitrogen and oxygen atoms in total. The first-order chi connectivity index (χ1) is 13.3. The number of aryl methyl sites for hydroxylation is 1. The summed E-state index contributed by atoms with van der Waals surface area (Å²) in [5.41, 5.74) is 0.775. The highest BCUT2D eigenvalue weighted by atomic mass is 32.2. The molecule has 2 saturated heterocycles. The second kappa shape index (κ2) is 8.80. The van der Waals surface area contributed by atoms with Crippen LogP contribution in [0.5, 0.6) is 5.75 Å². The van der Waals surface area contributed by atoms with Crippen molar-refractivity contribution < 1.29 is 17.9 Å². The van der Waals surface area contributed by atoms with Crippen LogP contribution in [0.1, 0.15) is 31.2 Å². The number of hydrogen-bond donors (Lipinski definition) is 1. The van der Waals surface area contributed by atoms with E-state index >= 15 is 0 Å². The molecule has 2 aliphatic rings. The molecule has 1 atom stereocenters. The van der Waals surface area contributed by atoms with Crippen molar-refractivity contribution in [2.75, 3.05) is 40.3 Å². The molecule has 1 aromatic rings. The van der Waals surface area contributed by atoms with Crippen molar-refractivity contribution in [2.45, 2.75) is 43.5 Å². The number of piperidine rings is 2. The fraction of sp³-hybridized carbons (Fsp3) is 0.650. The van der Waals surface area contributed by atoms with Crippen molar-refractivity contribution in [3.8, 4) is 5.75 Å². The first-order valence-corrected chi connectivity index (χ1v) is 11.4. The first kappa shape index (κ1) is 21.1. The van der Waals surface area contributed by atoms with Crippen LogP contribution in [0.15, 0.2) is 23.1 Å². The second-order valence-corrected chi connectivity index (χ2v) is 9.86. The third-order valence-electron chi connectivity index (χ3n) is 5.82. The van der Waals surface area contributed by atoms with Crippen LogP contribution in [0.25, 0.3) is 0 Å². The number of rotatable bonds is 5. The maximum atomic E-state index is 13.1. The van der Waals surface area contributed by atoms with Gasteiger partial charge in [-0.05, 0) is 76.5 Å². The van der Waals surface area contributed by atoms with Gasteiger partial charge in [0.05, 0.1) is 17.9 Å². The summed E-state index contributed by atoms with van der Waals surface area (Å²) in [6, 6.07) is 5.08. The number of methoxy groups -OCH3 is 1. The number of nitrogens with zero attached hydrogens (tertiary/aromatic N) is 2. The van der Waals surface area contributed by atoms with E-state index in [1.807, 2.05) is 6.92 Å². The molecule has 8 heteroatoms. The van der Waals surface area contributed by atoms with Gasteiger partial charge in [0.2, 0.25) is 15.9 Å². The number of ether oxygens (including phenoxy) is 1. The molecule has 1 N–H and O–H groups in total. The van der Waals surface area contributed by atoms with Crippen LogP contribution in [0, 0.1) is 12.8 Å². The van der Waals surface area contributed by atoms with E-state index < -0.39 is 10.0 Å². The first-order valence-electron chi connectivity index (χ1n) is 9.95. The van der Waals surface area contributed by atoms with Gasteiger partial charge in [-0.3, -0.25) is 4.79 Å². The monoisotopic (exact) mass is 409 g/mol. The lowest BCUT2D eigenvalue weighted by molar-refractivity contribution is -0.127. The van der Waals surface area contributed by atoms with E-state index in [0.717, 1.165) is 37.9 Å². The Balaban J connectivity index is 1.66. The van der Waals surface area contributed by atoms with Crippen LogP contribution in [0.2, 0.25) is 0 Å². The summed E-state index contributed by atoms with van der Waals surface area (Å²) >= 11 is 0. The summed E-state index contributed by atoms with van der Waals surface area (Å²) in [6.45, 7) is 4.48. The van der Waals surface area contributed by atoms with Crippen molar-refractivity contribution in [1.29, 1.82) is 0 Å². The molecule has 1 amide bonds.